The summed E-state index contributed by atoms with van der Waals surface area (Å²) in [4.78, 5) is 37.9. The number of benzene rings is 2. The van der Waals surface area contributed by atoms with Crippen molar-refractivity contribution in [3.8, 4) is 5.75 Å². The summed E-state index contributed by atoms with van der Waals surface area (Å²) in [6.07, 6.45) is 2.04. The summed E-state index contributed by atoms with van der Waals surface area (Å²) >= 11 is 0. The number of hydrogen-bond donors (Lipinski definition) is 1. The van der Waals surface area contributed by atoms with Crippen LogP contribution >= 0.6 is 0 Å². The first-order valence-corrected chi connectivity index (χ1v) is 10.2. The first-order chi connectivity index (χ1) is 15.9. The quantitative estimate of drug-likeness (QED) is 0.111. The van der Waals surface area contributed by atoms with Crippen LogP contribution in [0.4, 0.5) is 5.69 Å². The lowest BCUT2D eigenvalue weighted by molar-refractivity contribution is -0.384. The summed E-state index contributed by atoms with van der Waals surface area (Å²) in [5.41, 5.74) is 0.357. The number of nitro benzene ring substituents is 1. The molecule has 0 aliphatic carbocycles. The zero-order valence-electron chi connectivity index (χ0n) is 18.1. The molecule has 3 rings (SSSR count). The molecular formula is C24H24N2O7. The molecule has 0 spiro atoms. The topological polar surface area (TPSA) is 119 Å². The van der Waals surface area contributed by atoms with E-state index in [0.29, 0.717) is 36.5 Å². The molecule has 1 heterocycles. The van der Waals surface area contributed by atoms with Gasteiger partial charge in [0.1, 0.15) is 18.1 Å². The van der Waals surface area contributed by atoms with Gasteiger partial charge in [0.2, 0.25) is 0 Å². The van der Waals surface area contributed by atoms with Crippen molar-refractivity contribution in [1.82, 2.24) is 4.90 Å². The summed E-state index contributed by atoms with van der Waals surface area (Å²) in [5.74, 6) is -1.46. The average molecular weight is 452 g/mol. The van der Waals surface area contributed by atoms with Gasteiger partial charge in [-0.25, -0.2) is 0 Å². The predicted octanol–water partition coefficient (Wildman–Crippen LogP) is 3.62. The molecule has 172 valence electrons. The van der Waals surface area contributed by atoms with Crippen LogP contribution in [0.1, 0.15) is 23.6 Å². The third-order valence-corrected chi connectivity index (χ3v) is 5.18. The fraction of sp³-hybridized carbons (Fsp3) is 0.250. The van der Waals surface area contributed by atoms with Crippen LogP contribution in [0.2, 0.25) is 0 Å². The Morgan fingerprint density at radius 2 is 1.97 bits per heavy atom. The van der Waals surface area contributed by atoms with Gasteiger partial charge in [0.25, 0.3) is 17.4 Å². The minimum atomic E-state index is -0.974. The normalized spacial score (nSPS) is 17.2. The minimum absolute atomic E-state index is 0.127. The first-order valence-electron chi connectivity index (χ1n) is 10.2. The van der Waals surface area contributed by atoms with E-state index >= 15 is 0 Å². The molecule has 9 heteroatoms. The molecule has 1 saturated heterocycles. The van der Waals surface area contributed by atoms with Gasteiger partial charge in [-0.2, -0.15) is 0 Å². The summed E-state index contributed by atoms with van der Waals surface area (Å²) < 4.78 is 10.5. The van der Waals surface area contributed by atoms with Gasteiger partial charge in [-0.1, -0.05) is 24.8 Å². The van der Waals surface area contributed by atoms with Crippen LogP contribution in [0.15, 0.2) is 66.8 Å². The molecule has 1 unspecified atom stereocenters. The molecule has 0 aromatic heterocycles. The third kappa shape index (κ3) is 5.09. The van der Waals surface area contributed by atoms with E-state index in [9.17, 15) is 24.8 Å². The highest BCUT2D eigenvalue weighted by molar-refractivity contribution is 6.46. The van der Waals surface area contributed by atoms with Crippen LogP contribution in [-0.4, -0.2) is 53.5 Å². The minimum Gasteiger partial charge on any atom is -0.507 e. The fourth-order valence-electron chi connectivity index (χ4n) is 3.66. The molecule has 1 fully saturated rings. The highest BCUT2D eigenvalue weighted by Crippen LogP contribution is 2.40. The van der Waals surface area contributed by atoms with E-state index in [4.69, 9.17) is 9.47 Å². The summed E-state index contributed by atoms with van der Waals surface area (Å²) in [5, 5.41) is 22.3. The number of hydrogen-bond acceptors (Lipinski definition) is 7. The molecule has 1 aliphatic rings. The third-order valence-electron chi connectivity index (χ3n) is 5.18. The van der Waals surface area contributed by atoms with Gasteiger partial charge in [-0.15, -0.1) is 0 Å². The van der Waals surface area contributed by atoms with Crippen LogP contribution in [0.5, 0.6) is 5.75 Å². The molecule has 9 nitrogen and oxygen atoms in total. The SMILES string of the molecule is C=CCOc1ccc(C(O)=C2C(=O)C(=O)N(CCCOC)C2c2cccc([N+](=O)[O-])c2)cc1. The number of non-ortho nitro benzene ring substituents is 1. The Morgan fingerprint density at radius 3 is 2.61 bits per heavy atom. The van der Waals surface area contributed by atoms with Gasteiger partial charge in [-0.05, 0) is 36.2 Å². The van der Waals surface area contributed by atoms with Crippen molar-refractivity contribution in [3.05, 3.63) is 88.0 Å². The number of methoxy groups -OCH3 is 1. The van der Waals surface area contributed by atoms with E-state index in [1.807, 2.05) is 0 Å². The van der Waals surface area contributed by atoms with Gasteiger partial charge in [-0.3, -0.25) is 19.7 Å². The van der Waals surface area contributed by atoms with Gasteiger partial charge in [0.15, 0.2) is 0 Å². The van der Waals surface area contributed by atoms with Crippen LogP contribution in [0.25, 0.3) is 5.76 Å². The largest absolute Gasteiger partial charge is 0.507 e. The van der Waals surface area contributed by atoms with E-state index in [2.05, 4.69) is 6.58 Å². The smallest absolute Gasteiger partial charge is 0.295 e. The Hall–Kier alpha value is -3.98. The average Bonchev–Trinajstić information content (AvgIpc) is 3.08. The van der Waals surface area contributed by atoms with Gasteiger partial charge in [0, 0.05) is 38.0 Å². The van der Waals surface area contributed by atoms with E-state index in [-0.39, 0.29) is 23.6 Å². The number of nitrogens with zero attached hydrogens (tertiary/aromatic N) is 2. The molecule has 1 N–H and O–H groups in total. The monoisotopic (exact) mass is 452 g/mol. The fourth-order valence-corrected chi connectivity index (χ4v) is 3.66. The predicted molar refractivity (Wildman–Crippen MR) is 121 cm³/mol. The Morgan fingerprint density at radius 1 is 1.24 bits per heavy atom. The second-order valence-electron chi connectivity index (χ2n) is 7.31. The zero-order chi connectivity index (χ0) is 24.0. The van der Waals surface area contributed by atoms with Gasteiger partial charge < -0.3 is 19.5 Å². The number of ether oxygens (including phenoxy) is 2. The molecule has 33 heavy (non-hydrogen) atoms. The molecular weight excluding hydrogens is 428 g/mol. The number of Topliss-reactive ketones (excluding diaryl/α,β-unsaturated/α-hetero) is 1. The lowest BCUT2D eigenvalue weighted by Crippen LogP contribution is -2.31. The maximum absolute atomic E-state index is 13.0. The van der Waals surface area contributed by atoms with Crippen LogP contribution in [0.3, 0.4) is 0 Å². The van der Waals surface area contributed by atoms with Crippen molar-refractivity contribution < 1.29 is 29.1 Å². The molecule has 1 aliphatic heterocycles. The van der Waals surface area contributed by atoms with Crippen molar-refractivity contribution in [2.24, 2.45) is 0 Å². The Kier molecular flexibility index (Phi) is 7.57. The molecule has 1 amide bonds. The molecule has 0 saturated carbocycles. The van der Waals surface area contributed by atoms with Crippen molar-refractivity contribution in [2.45, 2.75) is 12.5 Å². The maximum Gasteiger partial charge on any atom is 0.295 e. The number of amides is 1. The second kappa shape index (κ2) is 10.6. The standard InChI is InChI=1S/C24H24N2O7/c1-3-13-33-19-10-8-16(9-11-19)22(27)20-21(17-6-4-7-18(15-17)26(30)31)25(12-5-14-32-2)24(29)23(20)28/h3-4,6-11,15,21,27H,1,5,12-14H2,2H3. The summed E-state index contributed by atoms with van der Waals surface area (Å²) in [7, 11) is 1.52. The number of nitro groups is 1. The Balaban J connectivity index is 2.08. The van der Waals surface area contributed by atoms with Gasteiger partial charge in [0.05, 0.1) is 16.5 Å². The molecule has 0 radical (unpaired) electrons. The number of rotatable bonds is 10. The number of carbonyl (C=O) groups excluding carboxylic acids is 2. The lowest BCUT2D eigenvalue weighted by atomic mass is 9.95. The molecule has 1 atom stereocenters. The van der Waals surface area contributed by atoms with E-state index in [0.717, 1.165) is 0 Å². The van der Waals surface area contributed by atoms with Crippen molar-refractivity contribution in [1.29, 1.82) is 0 Å². The Bertz CT molecular complexity index is 1090. The number of likely N-dealkylation sites (tertiary alicyclic amines) is 1. The summed E-state index contributed by atoms with van der Waals surface area (Å²) in [6.45, 7) is 4.43. The number of aliphatic hydroxyl groups excluding tert-OH is 1. The molecule has 2 aromatic carbocycles. The van der Waals surface area contributed by atoms with Crippen molar-refractivity contribution in [3.63, 3.8) is 0 Å². The van der Waals surface area contributed by atoms with Crippen LogP contribution in [0, 0.1) is 10.1 Å². The van der Waals surface area contributed by atoms with Crippen LogP contribution in [-0.2, 0) is 14.3 Å². The second-order valence-corrected chi connectivity index (χ2v) is 7.31. The number of ketones is 1. The molecule has 2 aromatic rings. The highest BCUT2D eigenvalue weighted by Gasteiger charge is 2.46. The zero-order valence-corrected chi connectivity index (χ0v) is 18.1. The van der Waals surface area contributed by atoms with Gasteiger partial charge >= 0.3 is 0 Å². The van der Waals surface area contributed by atoms with E-state index in [1.165, 1.54) is 30.2 Å². The van der Waals surface area contributed by atoms with Crippen molar-refractivity contribution in [2.75, 3.05) is 26.9 Å². The van der Waals surface area contributed by atoms with Crippen molar-refractivity contribution >= 4 is 23.1 Å². The van der Waals surface area contributed by atoms with E-state index in [1.54, 1.807) is 36.4 Å². The molecule has 0 bridgehead atoms. The number of aliphatic hydroxyl groups is 1. The van der Waals surface area contributed by atoms with E-state index < -0.39 is 22.7 Å². The highest BCUT2D eigenvalue weighted by atomic mass is 16.6. The maximum atomic E-state index is 13.0. The lowest BCUT2D eigenvalue weighted by Gasteiger charge is -2.25. The van der Waals surface area contributed by atoms with Crippen LogP contribution < -0.4 is 4.74 Å². The Labute approximate surface area is 190 Å². The number of carbonyl (C=O) groups is 2. The summed E-state index contributed by atoms with van der Waals surface area (Å²) in [6, 6.07) is 11.1. The first kappa shape index (κ1) is 23.7.